The summed E-state index contributed by atoms with van der Waals surface area (Å²) >= 11 is 0. The number of nitrogens with zero attached hydrogens (tertiary/aromatic N) is 2. The maximum Gasteiger partial charge on any atom is 0.255 e. The van der Waals surface area contributed by atoms with Crippen LogP contribution in [0.1, 0.15) is 34.5 Å². The lowest BCUT2D eigenvalue weighted by Gasteiger charge is -2.10. The molecule has 0 aliphatic carbocycles. The van der Waals surface area contributed by atoms with Gasteiger partial charge >= 0.3 is 0 Å². The van der Waals surface area contributed by atoms with Gasteiger partial charge in [-0.1, -0.05) is 12.5 Å². The Kier molecular flexibility index (Phi) is 7.88. The molecule has 0 bridgehead atoms. The fourth-order valence-electron chi connectivity index (χ4n) is 2.78. The van der Waals surface area contributed by atoms with Crippen molar-refractivity contribution in [3.8, 4) is 23.3 Å². The SMILES string of the molecule is C=CC(=O)N1CCCC1.COc1cc(C#Cc2[nH]nc(N)c2C(N)=O)cc(OC)c1. The molecule has 0 spiro atoms. The van der Waals surface area contributed by atoms with Gasteiger partial charge in [-0.25, -0.2) is 0 Å². The van der Waals surface area contributed by atoms with Crippen LogP contribution in [0.4, 0.5) is 5.82 Å². The third kappa shape index (κ3) is 5.78. The second kappa shape index (κ2) is 10.6. The molecule has 1 saturated heterocycles. The third-order valence-electron chi connectivity index (χ3n) is 4.32. The number of anilines is 1. The molecule has 0 unspecified atom stereocenters. The molecule has 3 rings (SSSR count). The number of amides is 2. The Labute approximate surface area is 175 Å². The molecule has 5 N–H and O–H groups in total. The van der Waals surface area contributed by atoms with Gasteiger partial charge in [-0.2, -0.15) is 5.10 Å². The average Bonchev–Trinajstić information content (AvgIpc) is 3.41. The summed E-state index contributed by atoms with van der Waals surface area (Å²) in [7, 11) is 3.10. The van der Waals surface area contributed by atoms with Gasteiger partial charge in [-0.3, -0.25) is 14.7 Å². The molecule has 0 saturated carbocycles. The zero-order valence-electron chi connectivity index (χ0n) is 17.0. The number of aromatic amines is 1. The highest BCUT2D eigenvalue weighted by Gasteiger charge is 2.15. The number of rotatable bonds is 4. The maximum atomic E-state index is 11.3. The van der Waals surface area contributed by atoms with Gasteiger partial charge in [0.1, 0.15) is 22.8 Å². The van der Waals surface area contributed by atoms with E-state index in [9.17, 15) is 9.59 Å². The number of methoxy groups -OCH3 is 2. The van der Waals surface area contributed by atoms with Crippen molar-refractivity contribution in [1.29, 1.82) is 0 Å². The van der Waals surface area contributed by atoms with Gasteiger partial charge in [0.05, 0.1) is 14.2 Å². The van der Waals surface area contributed by atoms with Gasteiger partial charge in [0.25, 0.3) is 5.91 Å². The molecule has 2 aromatic rings. The number of primary amides is 1. The highest BCUT2D eigenvalue weighted by atomic mass is 16.5. The van der Waals surface area contributed by atoms with Crippen molar-refractivity contribution in [1.82, 2.24) is 15.1 Å². The Bertz CT molecular complexity index is 959. The summed E-state index contributed by atoms with van der Waals surface area (Å²) in [6.07, 6.45) is 3.68. The van der Waals surface area contributed by atoms with Crippen molar-refractivity contribution >= 4 is 17.6 Å². The van der Waals surface area contributed by atoms with Crippen LogP contribution in [0.15, 0.2) is 30.9 Å². The van der Waals surface area contributed by atoms with Gasteiger partial charge in [0, 0.05) is 24.7 Å². The number of nitrogens with one attached hydrogen (secondary N) is 1. The monoisotopic (exact) mass is 411 g/mol. The van der Waals surface area contributed by atoms with Crippen LogP contribution in [0.5, 0.6) is 11.5 Å². The van der Waals surface area contributed by atoms with Crippen LogP contribution in [0.25, 0.3) is 0 Å². The average molecular weight is 411 g/mol. The van der Waals surface area contributed by atoms with Crippen molar-refractivity contribution in [2.45, 2.75) is 12.8 Å². The van der Waals surface area contributed by atoms with Crippen molar-refractivity contribution in [3.63, 3.8) is 0 Å². The van der Waals surface area contributed by atoms with Crippen LogP contribution in [0.3, 0.4) is 0 Å². The minimum absolute atomic E-state index is 0.0232. The summed E-state index contributed by atoms with van der Waals surface area (Å²) in [5, 5.41) is 6.29. The Morgan fingerprint density at radius 1 is 1.17 bits per heavy atom. The number of aromatic nitrogens is 2. The van der Waals surface area contributed by atoms with E-state index in [1.165, 1.54) is 6.08 Å². The molecule has 1 aromatic carbocycles. The largest absolute Gasteiger partial charge is 0.497 e. The number of H-pyrrole nitrogens is 1. The fraction of sp³-hybridized carbons (Fsp3) is 0.286. The number of ether oxygens (including phenoxy) is 2. The van der Waals surface area contributed by atoms with Crippen molar-refractivity contribution in [2.24, 2.45) is 5.73 Å². The van der Waals surface area contributed by atoms with E-state index in [1.807, 2.05) is 4.90 Å². The van der Waals surface area contributed by atoms with Crippen molar-refractivity contribution in [3.05, 3.63) is 47.7 Å². The first-order valence-corrected chi connectivity index (χ1v) is 9.19. The summed E-state index contributed by atoms with van der Waals surface area (Å²) in [6.45, 7) is 5.26. The number of nitrogens with two attached hydrogens (primary N) is 2. The molecule has 30 heavy (non-hydrogen) atoms. The second-order valence-electron chi connectivity index (χ2n) is 6.31. The zero-order valence-corrected chi connectivity index (χ0v) is 17.0. The molecule has 1 aliphatic rings. The van der Waals surface area contributed by atoms with E-state index in [1.54, 1.807) is 32.4 Å². The molecular weight excluding hydrogens is 386 g/mol. The Balaban J connectivity index is 0.000000297. The molecule has 2 amide bonds. The number of likely N-dealkylation sites (tertiary alicyclic amines) is 1. The van der Waals surface area contributed by atoms with Crippen LogP contribution in [-0.4, -0.2) is 54.2 Å². The van der Waals surface area contributed by atoms with Gasteiger partial charge in [-0.15, -0.1) is 0 Å². The van der Waals surface area contributed by atoms with E-state index in [0.29, 0.717) is 17.1 Å². The second-order valence-corrected chi connectivity index (χ2v) is 6.31. The Morgan fingerprint density at radius 3 is 2.27 bits per heavy atom. The fourth-order valence-corrected chi connectivity index (χ4v) is 2.78. The number of hydrogen-bond donors (Lipinski definition) is 3. The zero-order chi connectivity index (χ0) is 22.1. The highest BCUT2D eigenvalue weighted by Crippen LogP contribution is 2.22. The first-order chi connectivity index (χ1) is 14.4. The number of benzene rings is 1. The summed E-state index contributed by atoms with van der Waals surface area (Å²) in [5.41, 5.74) is 11.8. The van der Waals surface area contributed by atoms with E-state index < -0.39 is 5.91 Å². The predicted molar refractivity (Wildman–Crippen MR) is 113 cm³/mol. The first kappa shape index (κ1) is 22.4. The standard InChI is InChI=1S/C14H14N4O3.C7H11NO/c1-20-9-5-8(6-10(7-9)21-2)3-4-11-12(14(16)19)13(15)18-17-11;1-2-7(9)8-5-3-4-6-8/h5-7H,1-2H3,(H2,16,19)(H3,15,17,18);2H,1,3-6H2. The van der Waals surface area contributed by atoms with E-state index in [2.05, 4.69) is 28.6 Å². The third-order valence-corrected chi connectivity index (χ3v) is 4.32. The van der Waals surface area contributed by atoms with E-state index in [-0.39, 0.29) is 23.0 Å². The quantitative estimate of drug-likeness (QED) is 0.512. The smallest absolute Gasteiger partial charge is 0.255 e. The van der Waals surface area contributed by atoms with E-state index >= 15 is 0 Å². The van der Waals surface area contributed by atoms with Crippen LogP contribution < -0.4 is 20.9 Å². The highest BCUT2D eigenvalue weighted by molar-refractivity contribution is 5.99. The van der Waals surface area contributed by atoms with Gasteiger partial charge in [0.2, 0.25) is 5.91 Å². The summed E-state index contributed by atoms with van der Waals surface area (Å²) < 4.78 is 10.3. The minimum atomic E-state index is -0.686. The lowest BCUT2D eigenvalue weighted by Crippen LogP contribution is -2.25. The summed E-state index contributed by atoms with van der Waals surface area (Å²) in [5.74, 6) is 6.28. The van der Waals surface area contributed by atoms with Crippen LogP contribution in [0.2, 0.25) is 0 Å². The summed E-state index contributed by atoms with van der Waals surface area (Å²) in [6, 6.07) is 5.20. The van der Waals surface area contributed by atoms with E-state index in [0.717, 1.165) is 25.9 Å². The lowest BCUT2D eigenvalue weighted by molar-refractivity contribution is -0.124. The lowest BCUT2D eigenvalue weighted by atomic mass is 10.1. The van der Waals surface area contributed by atoms with Gasteiger partial charge < -0.3 is 25.8 Å². The van der Waals surface area contributed by atoms with Gasteiger partial charge in [-0.05, 0) is 37.0 Å². The molecule has 158 valence electrons. The number of carbonyl (C=O) groups is 2. The first-order valence-electron chi connectivity index (χ1n) is 9.19. The molecule has 1 aliphatic heterocycles. The number of hydrogen-bond acceptors (Lipinski definition) is 6. The van der Waals surface area contributed by atoms with Crippen LogP contribution >= 0.6 is 0 Å². The molecule has 1 fully saturated rings. The number of carbonyl (C=O) groups excluding carboxylic acids is 2. The molecule has 0 atom stereocenters. The molecule has 2 heterocycles. The maximum absolute atomic E-state index is 11.3. The number of nitrogen functional groups attached to an aromatic ring is 1. The van der Waals surface area contributed by atoms with Gasteiger partial charge in [0.15, 0.2) is 5.82 Å². The van der Waals surface area contributed by atoms with Crippen molar-refractivity contribution < 1.29 is 19.1 Å². The molecule has 1 aromatic heterocycles. The minimum Gasteiger partial charge on any atom is -0.497 e. The Hall–Kier alpha value is -3.93. The summed E-state index contributed by atoms with van der Waals surface area (Å²) in [4.78, 5) is 23.9. The van der Waals surface area contributed by atoms with Crippen LogP contribution in [0, 0.1) is 11.8 Å². The Morgan fingerprint density at radius 2 is 1.77 bits per heavy atom. The topological polar surface area (TPSA) is 137 Å². The molecule has 9 heteroatoms. The molecule has 0 radical (unpaired) electrons. The van der Waals surface area contributed by atoms with Crippen LogP contribution in [-0.2, 0) is 4.79 Å². The van der Waals surface area contributed by atoms with Crippen molar-refractivity contribution in [2.75, 3.05) is 33.0 Å². The normalized spacial score (nSPS) is 12.1. The molecular formula is C21H25N5O4. The van der Waals surface area contributed by atoms with E-state index in [4.69, 9.17) is 20.9 Å². The predicted octanol–water partition coefficient (Wildman–Crippen LogP) is 1.30. The molecule has 9 nitrogen and oxygen atoms in total.